The monoisotopic (exact) mass is 512 g/mol. The molecule has 3 rings (SSSR count). The number of nitrogens with zero attached hydrogens (tertiary/aromatic N) is 1. The lowest BCUT2D eigenvalue weighted by atomic mass is 10.0. The van der Waals surface area contributed by atoms with Crippen molar-refractivity contribution in [2.24, 2.45) is 0 Å². The van der Waals surface area contributed by atoms with Crippen molar-refractivity contribution in [3.05, 3.63) is 105 Å². The van der Waals surface area contributed by atoms with Crippen LogP contribution in [0.1, 0.15) is 23.6 Å². The van der Waals surface area contributed by atoms with E-state index in [1.807, 2.05) is 73.7 Å². The lowest BCUT2D eigenvalue weighted by Gasteiger charge is -2.31. The fourth-order valence-corrected chi connectivity index (χ4v) is 3.90. The smallest absolute Gasteiger partial charge is 0.243 e. The Morgan fingerprint density at radius 2 is 1.53 bits per heavy atom. The Morgan fingerprint density at radius 1 is 0.906 bits per heavy atom. The van der Waals surface area contributed by atoms with E-state index in [-0.39, 0.29) is 18.2 Å². The number of carbonyl (C=O) groups excluding carboxylic acids is 2. The number of rotatable bonds is 9. The molecule has 1 atom stereocenters. The van der Waals surface area contributed by atoms with Crippen molar-refractivity contribution in [2.45, 2.75) is 32.4 Å². The molecule has 0 bridgehead atoms. The van der Waals surface area contributed by atoms with Gasteiger partial charge in [-0.15, -0.1) is 0 Å². The molecule has 0 aliphatic heterocycles. The second-order valence-electron chi connectivity index (χ2n) is 7.55. The number of carbonyl (C=O) groups is 2. The number of amides is 2. The van der Waals surface area contributed by atoms with Crippen molar-refractivity contribution in [1.82, 2.24) is 10.2 Å². The van der Waals surface area contributed by atoms with Crippen LogP contribution in [0.3, 0.4) is 0 Å². The highest BCUT2D eigenvalue weighted by atomic mass is 79.9. The molecule has 4 nitrogen and oxygen atoms in total. The molecule has 0 saturated heterocycles. The molecule has 0 aliphatic rings. The number of nitrogens with one attached hydrogen (secondary N) is 1. The lowest BCUT2D eigenvalue weighted by molar-refractivity contribution is -0.140. The summed E-state index contributed by atoms with van der Waals surface area (Å²) < 4.78 is 0.963. The van der Waals surface area contributed by atoms with Gasteiger partial charge in [-0.3, -0.25) is 9.59 Å². The van der Waals surface area contributed by atoms with Gasteiger partial charge in [0.1, 0.15) is 6.04 Å². The molecule has 166 valence electrons. The lowest BCUT2D eigenvalue weighted by Crippen LogP contribution is -2.50. The van der Waals surface area contributed by atoms with E-state index >= 15 is 0 Å². The average Bonchev–Trinajstić information content (AvgIpc) is 2.79. The number of likely N-dealkylation sites (N-methyl/N-ethyl adjacent to an activating group) is 1. The molecule has 0 aromatic heterocycles. The zero-order valence-electron chi connectivity index (χ0n) is 17.9. The second kappa shape index (κ2) is 11.8. The fourth-order valence-electron chi connectivity index (χ4n) is 3.51. The molecule has 0 aliphatic carbocycles. The molecule has 0 unspecified atom stereocenters. The Kier molecular flexibility index (Phi) is 8.89. The summed E-state index contributed by atoms with van der Waals surface area (Å²) in [5.74, 6) is -0.264. The molecule has 0 saturated carbocycles. The summed E-state index contributed by atoms with van der Waals surface area (Å²) in [4.78, 5) is 28.3. The minimum atomic E-state index is -0.624. The van der Waals surface area contributed by atoms with Gasteiger partial charge in [0.2, 0.25) is 11.8 Å². The van der Waals surface area contributed by atoms with Gasteiger partial charge < -0.3 is 10.2 Å². The van der Waals surface area contributed by atoms with Gasteiger partial charge in [-0.2, -0.15) is 0 Å². The van der Waals surface area contributed by atoms with Gasteiger partial charge >= 0.3 is 0 Å². The zero-order valence-corrected chi connectivity index (χ0v) is 20.3. The van der Waals surface area contributed by atoms with E-state index in [4.69, 9.17) is 11.6 Å². The van der Waals surface area contributed by atoms with E-state index in [1.165, 1.54) is 0 Å². The van der Waals surface area contributed by atoms with Gasteiger partial charge in [0, 0.05) is 29.0 Å². The van der Waals surface area contributed by atoms with Crippen LogP contribution in [0.5, 0.6) is 0 Å². The summed E-state index contributed by atoms with van der Waals surface area (Å²) in [6, 6.07) is 24.2. The first kappa shape index (κ1) is 24.0. The van der Waals surface area contributed by atoms with Crippen molar-refractivity contribution in [3.8, 4) is 0 Å². The second-order valence-corrected chi connectivity index (χ2v) is 8.90. The first-order chi connectivity index (χ1) is 15.5. The number of halogens is 2. The Bertz CT molecular complexity index is 1020. The van der Waals surface area contributed by atoms with E-state index < -0.39 is 6.04 Å². The zero-order chi connectivity index (χ0) is 22.9. The van der Waals surface area contributed by atoms with Gasteiger partial charge in [0.25, 0.3) is 0 Å². The van der Waals surface area contributed by atoms with Crippen molar-refractivity contribution >= 4 is 39.3 Å². The van der Waals surface area contributed by atoms with Crippen molar-refractivity contribution in [3.63, 3.8) is 0 Å². The summed E-state index contributed by atoms with van der Waals surface area (Å²) in [6.07, 6.45) is 0.633. The fraction of sp³-hybridized carbons (Fsp3) is 0.231. The molecule has 1 N–H and O–H groups in total. The van der Waals surface area contributed by atoms with Crippen LogP contribution in [0.2, 0.25) is 5.02 Å². The summed E-state index contributed by atoms with van der Waals surface area (Å²) in [6.45, 7) is 2.72. The highest BCUT2D eigenvalue weighted by Gasteiger charge is 2.30. The standard InChI is InChI=1S/C26H26BrClN2O2/c1-2-29-26(32)24(16-19-6-4-3-5-7-19)30(18-21-8-12-22(27)13-9-21)25(31)17-20-10-14-23(28)15-11-20/h3-15,24H,2,16-18H2,1H3,(H,29,32)/t24-/m1/s1. The predicted octanol–water partition coefficient (Wildman–Crippen LogP) is 5.42. The summed E-state index contributed by atoms with van der Waals surface area (Å²) in [5, 5.41) is 3.53. The first-order valence-corrected chi connectivity index (χ1v) is 11.7. The van der Waals surface area contributed by atoms with Crippen molar-refractivity contribution in [2.75, 3.05) is 6.54 Å². The van der Waals surface area contributed by atoms with E-state index in [2.05, 4.69) is 21.2 Å². The number of benzene rings is 3. The van der Waals surface area contributed by atoms with E-state index in [0.29, 0.717) is 24.5 Å². The van der Waals surface area contributed by atoms with Crippen molar-refractivity contribution < 1.29 is 9.59 Å². The van der Waals surface area contributed by atoms with Crippen molar-refractivity contribution in [1.29, 1.82) is 0 Å². The summed E-state index contributed by atoms with van der Waals surface area (Å²) in [7, 11) is 0. The minimum Gasteiger partial charge on any atom is -0.355 e. The molecule has 0 fully saturated rings. The molecule has 2 amide bonds. The molecular formula is C26H26BrClN2O2. The molecular weight excluding hydrogens is 488 g/mol. The van der Waals surface area contributed by atoms with Crippen LogP contribution in [0.15, 0.2) is 83.3 Å². The molecule has 0 radical (unpaired) electrons. The van der Waals surface area contributed by atoms with Gasteiger partial charge in [-0.05, 0) is 47.9 Å². The Morgan fingerprint density at radius 3 is 2.16 bits per heavy atom. The number of hydrogen-bond acceptors (Lipinski definition) is 2. The quantitative estimate of drug-likeness (QED) is 0.415. The maximum atomic E-state index is 13.5. The maximum absolute atomic E-state index is 13.5. The highest BCUT2D eigenvalue weighted by Crippen LogP contribution is 2.19. The van der Waals surface area contributed by atoms with Crippen LogP contribution in [-0.2, 0) is 29.0 Å². The third-order valence-corrected chi connectivity index (χ3v) is 5.94. The van der Waals surface area contributed by atoms with Crippen LogP contribution in [-0.4, -0.2) is 29.3 Å². The van der Waals surface area contributed by atoms with Crippen LogP contribution >= 0.6 is 27.5 Å². The Labute approximate surface area is 202 Å². The van der Waals surface area contributed by atoms with E-state index in [1.54, 1.807) is 17.0 Å². The third kappa shape index (κ3) is 6.94. The minimum absolute atomic E-state index is 0.109. The Balaban J connectivity index is 1.93. The van der Waals surface area contributed by atoms with E-state index in [0.717, 1.165) is 21.2 Å². The third-order valence-electron chi connectivity index (χ3n) is 5.16. The molecule has 3 aromatic carbocycles. The van der Waals surface area contributed by atoms with Gasteiger partial charge in [-0.25, -0.2) is 0 Å². The van der Waals surface area contributed by atoms with Gasteiger partial charge in [0.15, 0.2) is 0 Å². The number of hydrogen-bond donors (Lipinski definition) is 1. The van der Waals surface area contributed by atoms with E-state index in [9.17, 15) is 9.59 Å². The Hall–Kier alpha value is -2.63. The molecule has 6 heteroatoms. The molecule has 32 heavy (non-hydrogen) atoms. The summed E-state index contributed by atoms with van der Waals surface area (Å²) >= 11 is 9.45. The predicted molar refractivity (Wildman–Crippen MR) is 132 cm³/mol. The van der Waals surface area contributed by atoms with Crippen LogP contribution in [0, 0.1) is 0 Å². The van der Waals surface area contributed by atoms with Crippen LogP contribution in [0.4, 0.5) is 0 Å². The normalized spacial score (nSPS) is 11.6. The van der Waals surface area contributed by atoms with Gasteiger partial charge in [-0.1, -0.05) is 82.1 Å². The summed E-state index contributed by atoms with van der Waals surface area (Å²) in [5.41, 5.74) is 2.82. The highest BCUT2D eigenvalue weighted by molar-refractivity contribution is 9.10. The van der Waals surface area contributed by atoms with Crippen LogP contribution in [0.25, 0.3) is 0 Å². The topological polar surface area (TPSA) is 49.4 Å². The molecule has 3 aromatic rings. The molecule has 0 heterocycles. The SMILES string of the molecule is CCNC(=O)[C@@H](Cc1ccccc1)N(Cc1ccc(Br)cc1)C(=O)Cc1ccc(Cl)cc1. The average molecular weight is 514 g/mol. The maximum Gasteiger partial charge on any atom is 0.243 e. The largest absolute Gasteiger partial charge is 0.355 e. The van der Waals surface area contributed by atoms with Gasteiger partial charge in [0.05, 0.1) is 6.42 Å². The first-order valence-electron chi connectivity index (χ1n) is 10.6. The van der Waals surface area contributed by atoms with Crippen LogP contribution < -0.4 is 5.32 Å². The molecule has 0 spiro atoms.